The lowest BCUT2D eigenvalue weighted by molar-refractivity contribution is -0.354. The molecule has 14 atom stereocenters. The van der Waals surface area contributed by atoms with Gasteiger partial charge in [-0.15, -0.1) is 0 Å². The number of esters is 1. The van der Waals surface area contributed by atoms with Crippen LogP contribution in [0.3, 0.4) is 0 Å². The molecule has 0 radical (unpaired) electrons. The van der Waals surface area contributed by atoms with Crippen molar-refractivity contribution in [2.45, 2.75) is 138 Å². The van der Waals surface area contributed by atoms with E-state index in [2.05, 4.69) is 22.5 Å². The number of nitrogens with one attached hydrogen (secondary N) is 2. The number of rotatable bonds is 4. The minimum Gasteiger partial charge on any atom is -0.453 e. The van der Waals surface area contributed by atoms with E-state index >= 15 is 0 Å². The lowest BCUT2D eigenvalue weighted by Crippen LogP contribution is -2.85. The van der Waals surface area contributed by atoms with Gasteiger partial charge < -0.3 is 50.7 Å². The summed E-state index contributed by atoms with van der Waals surface area (Å²) in [5.41, 5.74) is -7.41. The number of para-hydroxylation sites is 2. The number of piperidine rings is 2. The Kier molecular flexibility index (Phi) is 12.4. The summed E-state index contributed by atoms with van der Waals surface area (Å²) in [6.45, 7) is 10.1. The molecule has 2 amide bonds. The van der Waals surface area contributed by atoms with Gasteiger partial charge in [-0.1, -0.05) is 56.3 Å². The van der Waals surface area contributed by atoms with Gasteiger partial charge >= 0.3 is 22.4 Å². The largest absolute Gasteiger partial charge is 0.453 e. The van der Waals surface area contributed by atoms with Crippen molar-refractivity contribution < 1.29 is 67.2 Å². The molecule has 1 spiro atoms. The molecule has 3 saturated heterocycles. The summed E-state index contributed by atoms with van der Waals surface area (Å²) in [5.74, 6) is -4.05. The molecular formula is C45H63N3O14S. The number of amides is 2. The quantitative estimate of drug-likeness (QED) is 0.119. The fourth-order valence-electron chi connectivity index (χ4n) is 13.1. The fraction of sp³-hybridized carbons (Fsp3) is 0.644. The molecule has 3 heterocycles. The molecule has 4 aliphatic carbocycles. The molecule has 0 aromatic heterocycles. The van der Waals surface area contributed by atoms with Gasteiger partial charge in [0, 0.05) is 72.1 Å². The van der Waals surface area contributed by atoms with Crippen molar-refractivity contribution in [2.24, 2.45) is 29.1 Å². The molecule has 2 aromatic rings. The zero-order chi connectivity index (χ0) is 46.2. The van der Waals surface area contributed by atoms with Gasteiger partial charge in [0.25, 0.3) is 0 Å². The van der Waals surface area contributed by atoms with Crippen LogP contribution in [-0.2, 0) is 24.7 Å². The summed E-state index contributed by atoms with van der Waals surface area (Å²) < 4.78 is 44.2. The highest BCUT2D eigenvalue weighted by molar-refractivity contribution is 7.79. The van der Waals surface area contributed by atoms with E-state index in [9.17, 15) is 40.2 Å². The number of hydrogen-bond acceptors (Lipinski definition) is 13. The number of aliphatic hydroxyl groups excluding tert-OH is 1. The van der Waals surface area contributed by atoms with Crippen LogP contribution >= 0.6 is 0 Å². The molecule has 4 bridgehead atoms. The minimum atomic E-state index is -4.67. The normalized spacial score (nSPS) is 43.5. The van der Waals surface area contributed by atoms with Gasteiger partial charge in [-0.3, -0.25) is 14.0 Å². The SMILES string of the molecule is CC=C(C)C(=O)OC1CCC2(C)C3CCC4C5(O)CC(O)C6(O)C(CN7CC(C)CCC7C6(C)O)C5(O)CC42OC13O.O=C(Nc1ccccc1)Nc1ccccc1.O=S(=O)(O)O. The maximum Gasteiger partial charge on any atom is 0.394 e. The van der Waals surface area contributed by atoms with Crippen LogP contribution in [0, 0.1) is 29.1 Å². The fourth-order valence-corrected chi connectivity index (χ4v) is 13.1. The molecule has 2 aromatic carbocycles. The summed E-state index contributed by atoms with van der Waals surface area (Å²) in [6, 6.07) is 18.0. The van der Waals surface area contributed by atoms with Crippen molar-refractivity contribution in [2.75, 3.05) is 23.7 Å². The van der Waals surface area contributed by atoms with Gasteiger partial charge in [0.2, 0.25) is 5.79 Å². The lowest BCUT2D eigenvalue weighted by atomic mass is 9.49. The van der Waals surface area contributed by atoms with E-state index in [0.717, 1.165) is 17.8 Å². The Labute approximate surface area is 368 Å². The highest BCUT2D eigenvalue weighted by Gasteiger charge is 2.88. The summed E-state index contributed by atoms with van der Waals surface area (Å²) in [5, 5.41) is 79.4. The van der Waals surface area contributed by atoms with Crippen LogP contribution in [0.1, 0.15) is 86.0 Å². The molecule has 348 valence electrons. The number of urea groups is 1. The second-order valence-corrected chi connectivity index (χ2v) is 20.3. The van der Waals surface area contributed by atoms with Gasteiger partial charge in [-0.05, 0) is 89.5 Å². The van der Waals surface area contributed by atoms with Crippen LogP contribution < -0.4 is 10.6 Å². The summed E-state index contributed by atoms with van der Waals surface area (Å²) in [4.78, 5) is 26.5. The van der Waals surface area contributed by atoms with E-state index in [1.54, 1.807) is 26.8 Å². The van der Waals surface area contributed by atoms with Crippen molar-refractivity contribution in [3.63, 3.8) is 0 Å². The van der Waals surface area contributed by atoms with Crippen molar-refractivity contribution in [1.82, 2.24) is 4.90 Å². The number of fused-ring (bicyclic) bond motifs is 5. The van der Waals surface area contributed by atoms with Gasteiger partial charge in [-0.25, -0.2) is 9.59 Å². The number of anilines is 2. The van der Waals surface area contributed by atoms with Crippen molar-refractivity contribution in [1.29, 1.82) is 0 Å². The molecule has 63 heavy (non-hydrogen) atoms. The monoisotopic (exact) mass is 901 g/mol. The van der Waals surface area contributed by atoms with E-state index in [1.807, 2.05) is 67.6 Å². The molecule has 9 rings (SSSR count). The standard InChI is InChI=1S/C32H49NO9.C13H12N2O.H2O4S/c1-6-18(3)25(35)41-24-11-12-26(4)19-8-9-20-28(37)13-23(34)31(39)21(29(28,38)16-30(20,26)42-32(19,24)40)15-33-14-17(2)7-10-22(33)27(31,5)36;16-13(14-11-7-3-1-4-8-11)15-12-9-5-2-6-10-12;1-5(2,3)4/h6,17,19-24,34,36-40H,7-16H2,1-5H3;1-10H,(H2,14,15,16);(H2,1,2,3,4). The van der Waals surface area contributed by atoms with Crippen LogP contribution in [0.15, 0.2) is 72.3 Å². The lowest BCUT2D eigenvalue weighted by Gasteiger charge is -2.68. The van der Waals surface area contributed by atoms with Crippen LogP contribution in [-0.4, -0.2) is 130 Å². The third kappa shape index (κ3) is 7.62. The van der Waals surface area contributed by atoms with Crippen LogP contribution in [0.25, 0.3) is 0 Å². The van der Waals surface area contributed by atoms with E-state index in [4.69, 9.17) is 27.0 Å². The summed E-state index contributed by atoms with van der Waals surface area (Å²) in [6.07, 6.45) is 2.30. The minimum absolute atomic E-state index is 0.0606. The van der Waals surface area contributed by atoms with Crippen LogP contribution in [0.2, 0.25) is 0 Å². The van der Waals surface area contributed by atoms with E-state index in [-0.39, 0.29) is 31.5 Å². The topological polar surface area (TPSA) is 276 Å². The first kappa shape index (κ1) is 47.4. The zero-order valence-electron chi connectivity index (χ0n) is 36.3. The van der Waals surface area contributed by atoms with E-state index in [0.29, 0.717) is 50.1 Å². The first-order valence-electron chi connectivity index (χ1n) is 21.8. The first-order chi connectivity index (χ1) is 29.3. The first-order valence-corrected chi connectivity index (χ1v) is 23.2. The molecular weight excluding hydrogens is 839 g/mol. The molecule has 18 heteroatoms. The Morgan fingerprint density at radius 1 is 0.825 bits per heavy atom. The summed E-state index contributed by atoms with van der Waals surface area (Å²) >= 11 is 0. The predicted molar refractivity (Wildman–Crippen MR) is 229 cm³/mol. The third-order valence-corrected chi connectivity index (χ3v) is 16.1. The van der Waals surface area contributed by atoms with Gasteiger partial charge in [0.05, 0.1) is 11.7 Å². The van der Waals surface area contributed by atoms with Crippen molar-refractivity contribution in [3.05, 3.63) is 72.3 Å². The predicted octanol–water partition coefficient (Wildman–Crippen LogP) is 3.67. The number of nitrogens with zero attached hydrogens (tertiary/aromatic N) is 1. The smallest absolute Gasteiger partial charge is 0.394 e. The average molecular weight is 902 g/mol. The van der Waals surface area contributed by atoms with Gasteiger partial charge in [0.1, 0.15) is 22.4 Å². The molecule has 3 aliphatic heterocycles. The van der Waals surface area contributed by atoms with Crippen LogP contribution in [0.4, 0.5) is 16.2 Å². The highest BCUT2D eigenvalue weighted by Crippen LogP contribution is 2.78. The number of ether oxygens (including phenoxy) is 2. The van der Waals surface area contributed by atoms with E-state index in [1.165, 1.54) is 0 Å². The number of hydrogen-bond donors (Lipinski definition) is 10. The third-order valence-electron chi connectivity index (χ3n) is 16.1. The van der Waals surface area contributed by atoms with Gasteiger partial charge in [0.15, 0.2) is 6.10 Å². The molecule has 7 fully saturated rings. The maximum atomic E-state index is 12.9. The Balaban J connectivity index is 0.000000234. The number of aliphatic hydroxyl groups is 6. The van der Waals surface area contributed by atoms with Crippen molar-refractivity contribution in [3.8, 4) is 0 Å². The molecule has 14 unspecified atom stereocenters. The summed E-state index contributed by atoms with van der Waals surface area (Å²) in [7, 11) is -4.67. The zero-order valence-corrected chi connectivity index (χ0v) is 37.2. The average Bonchev–Trinajstić information content (AvgIpc) is 3.38. The second-order valence-electron chi connectivity index (χ2n) is 19.4. The Bertz CT molecular complexity index is 2130. The van der Waals surface area contributed by atoms with Gasteiger partial charge in [-0.2, -0.15) is 8.42 Å². The highest BCUT2D eigenvalue weighted by atomic mass is 32.3. The molecule has 10 N–H and O–H groups in total. The maximum absolute atomic E-state index is 12.9. The number of benzene rings is 2. The molecule has 7 aliphatic rings. The molecule has 4 saturated carbocycles. The van der Waals surface area contributed by atoms with Crippen LogP contribution in [0.5, 0.6) is 0 Å². The van der Waals surface area contributed by atoms with Crippen molar-refractivity contribution >= 4 is 33.8 Å². The second kappa shape index (κ2) is 16.4. The Morgan fingerprint density at radius 2 is 1.38 bits per heavy atom. The molecule has 17 nitrogen and oxygen atoms in total. The number of carbonyl (C=O) groups is 2. The number of allylic oxidation sites excluding steroid dienone is 1. The Hall–Kier alpha value is -3.53. The Morgan fingerprint density at radius 3 is 1.94 bits per heavy atom. The van der Waals surface area contributed by atoms with E-state index < -0.39 is 85.5 Å². The number of carbonyl (C=O) groups excluding carboxylic acids is 2.